The fraction of sp³-hybridized carbons (Fsp3) is 0.240. The van der Waals surface area contributed by atoms with Gasteiger partial charge in [0.2, 0.25) is 5.91 Å². The fourth-order valence-corrected chi connectivity index (χ4v) is 4.22. The lowest BCUT2D eigenvalue weighted by molar-refractivity contribution is -0.120. The van der Waals surface area contributed by atoms with Crippen molar-refractivity contribution in [2.45, 2.75) is 32.8 Å². The largest absolute Gasteiger partial charge is 0.487 e. The van der Waals surface area contributed by atoms with Gasteiger partial charge in [0.05, 0.1) is 30.0 Å². The molecule has 0 aliphatic carbocycles. The number of amides is 1. The number of aromatic nitrogens is 3. The summed E-state index contributed by atoms with van der Waals surface area (Å²) in [6.45, 7) is 4.04. The Balaban J connectivity index is 1.29. The maximum atomic E-state index is 14.3. The standard InChI is InChI=1S/C25H23FN4O2/c1-14-11-27-15(2)24(30-14)21-10-18(26)7-16-8-19(32-25(16)21)13-29-23(31)9-17-12-28-22-6-4-3-5-20(17)22/h3-7,10-12,19,28H,8-9,13H2,1-2H3,(H,29,31)/t19-/m0/s1. The predicted octanol–water partition coefficient (Wildman–Crippen LogP) is 4.04. The Morgan fingerprint density at radius 2 is 2.12 bits per heavy atom. The molecule has 2 N–H and O–H groups in total. The van der Waals surface area contributed by atoms with Crippen LogP contribution in [0.3, 0.4) is 0 Å². The first kappa shape index (κ1) is 20.2. The molecular weight excluding hydrogens is 407 g/mol. The summed E-state index contributed by atoms with van der Waals surface area (Å²) in [6, 6.07) is 10.8. The number of nitrogens with one attached hydrogen (secondary N) is 2. The summed E-state index contributed by atoms with van der Waals surface area (Å²) in [5.74, 6) is 0.195. The molecular formula is C25H23FN4O2. The maximum Gasteiger partial charge on any atom is 0.224 e. The van der Waals surface area contributed by atoms with Crippen LogP contribution in [-0.2, 0) is 17.6 Å². The van der Waals surface area contributed by atoms with Crippen LogP contribution in [-0.4, -0.2) is 33.5 Å². The zero-order chi connectivity index (χ0) is 22.2. The highest BCUT2D eigenvalue weighted by molar-refractivity contribution is 5.88. The average Bonchev–Trinajstić information content (AvgIpc) is 3.37. The van der Waals surface area contributed by atoms with Crippen molar-refractivity contribution in [1.82, 2.24) is 20.3 Å². The van der Waals surface area contributed by atoms with Crippen molar-refractivity contribution in [3.8, 4) is 17.0 Å². The lowest BCUT2D eigenvalue weighted by Crippen LogP contribution is -2.35. The van der Waals surface area contributed by atoms with E-state index < -0.39 is 0 Å². The third-order valence-electron chi connectivity index (χ3n) is 5.75. The Morgan fingerprint density at radius 1 is 1.28 bits per heavy atom. The number of halogens is 1. The second kappa shape index (κ2) is 8.07. The van der Waals surface area contributed by atoms with Crippen LogP contribution in [0.4, 0.5) is 4.39 Å². The van der Waals surface area contributed by atoms with E-state index in [0.717, 1.165) is 27.7 Å². The molecule has 3 heterocycles. The van der Waals surface area contributed by atoms with Gasteiger partial charge in [0, 0.05) is 40.8 Å². The number of benzene rings is 2. The normalized spacial score (nSPS) is 14.9. The topological polar surface area (TPSA) is 79.9 Å². The van der Waals surface area contributed by atoms with Crippen molar-refractivity contribution in [2.24, 2.45) is 0 Å². The van der Waals surface area contributed by atoms with E-state index >= 15 is 0 Å². The SMILES string of the molecule is Cc1cnc(C)c(-c2cc(F)cc3c2O[C@H](CNC(=O)Cc2c[nH]c4ccccc24)C3)n1. The number of hydrogen-bond donors (Lipinski definition) is 2. The second-order valence-electron chi connectivity index (χ2n) is 8.17. The molecule has 1 aliphatic heterocycles. The molecule has 0 radical (unpaired) electrons. The number of H-pyrrole nitrogens is 1. The molecule has 0 saturated heterocycles. The van der Waals surface area contributed by atoms with Gasteiger partial charge in [-0.3, -0.25) is 9.78 Å². The van der Waals surface area contributed by atoms with Gasteiger partial charge in [0.25, 0.3) is 0 Å². The summed E-state index contributed by atoms with van der Waals surface area (Å²) in [4.78, 5) is 24.6. The van der Waals surface area contributed by atoms with Crippen LogP contribution in [0.25, 0.3) is 22.2 Å². The summed E-state index contributed by atoms with van der Waals surface area (Å²) in [6.07, 6.45) is 4.08. The Labute approximate surface area is 184 Å². The molecule has 2 aromatic carbocycles. The number of aryl methyl sites for hydroxylation is 2. The summed E-state index contributed by atoms with van der Waals surface area (Å²) >= 11 is 0. The highest BCUT2D eigenvalue weighted by Gasteiger charge is 2.28. The molecule has 0 fully saturated rings. The smallest absolute Gasteiger partial charge is 0.224 e. The van der Waals surface area contributed by atoms with Crippen LogP contribution in [0.15, 0.2) is 48.8 Å². The minimum Gasteiger partial charge on any atom is -0.487 e. The van der Waals surface area contributed by atoms with Crippen molar-refractivity contribution in [2.75, 3.05) is 6.54 Å². The third-order valence-corrected chi connectivity index (χ3v) is 5.75. The van der Waals surface area contributed by atoms with E-state index in [1.54, 1.807) is 6.20 Å². The number of aromatic amines is 1. The van der Waals surface area contributed by atoms with Gasteiger partial charge in [-0.2, -0.15) is 0 Å². The lowest BCUT2D eigenvalue weighted by atomic mass is 10.0. The summed E-state index contributed by atoms with van der Waals surface area (Å²) in [7, 11) is 0. The van der Waals surface area contributed by atoms with Crippen molar-refractivity contribution in [3.63, 3.8) is 0 Å². The Morgan fingerprint density at radius 3 is 3.00 bits per heavy atom. The van der Waals surface area contributed by atoms with Gasteiger partial charge in [0.15, 0.2) is 0 Å². The number of hydrogen-bond acceptors (Lipinski definition) is 4. The van der Waals surface area contributed by atoms with E-state index in [0.29, 0.717) is 35.7 Å². The van der Waals surface area contributed by atoms with Crippen LogP contribution in [0.1, 0.15) is 22.5 Å². The molecule has 2 aromatic heterocycles. The van der Waals surface area contributed by atoms with Crippen molar-refractivity contribution in [1.29, 1.82) is 0 Å². The van der Waals surface area contributed by atoms with Crippen LogP contribution in [0.5, 0.6) is 5.75 Å². The fourth-order valence-electron chi connectivity index (χ4n) is 4.22. The van der Waals surface area contributed by atoms with E-state index in [1.165, 1.54) is 12.1 Å². The first-order valence-electron chi connectivity index (χ1n) is 10.6. The van der Waals surface area contributed by atoms with E-state index in [4.69, 9.17) is 4.74 Å². The van der Waals surface area contributed by atoms with Crippen LogP contribution in [0.2, 0.25) is 0 Å². The molecule has 7 heteroatoms. The van der Waals surface area contributed by atoms with Gasteiger partial charge in [-0.05, 0) is 37.6 Å². The van der Waals surface area contributed by atoms with Crippen molar-refractivity contribution < 1.29 is 13.9 Å². The molecule has 0 spiro atoms. The molecule has 5 rings (SSSR count). The van der Waals surface area contributed by atoms with Crippen molar-refractivity contribution >= 4 is 16.8 Å². The number of nitrogens with zero attached hydrogens (tertiary/aromatic N) is 2. The number of fused-ring (bicyclic) bond motifs is 2. The van der Waals surface area contributed by atoms with E-state index in [1.807, 2.05) is 44.3 Å². The van der Waals surface area contributed by atoms with Crippen LogP contribution in [0, 0.1) is 19.7 Å². The molecule has 162 valence electrons. The van der Waals surface area contributed by atoms with Gasteiger partial charge in [0.1, 0.15) is 17.7 Å². The number of rotatable bonds is 5. The maximum absolute atomic E-state index is 14.3. The molecule has 0 bridgehead atoms. The molecule has 1 amide bonds. The Kier molecular flexibility index (Phi) is 5.09. The van der Waals surface area contributed by atoms with E-state index in [2.05, 4.69) is 20.3 Å². The number of ether oxygens (including phenoxy) is 1. The van der Waals surface area contributed by atoms with Crippen molar-refractivity contribution in [3.05, 3.63) is 77.1 Å². The highest BCUT2D eigenvalue weighted by Crippen LogP contribution is 2.39. The monoisotopic (exact) mass is 430 g/mol. The first-order chi connectivity index (χ1) is 15.5. The minimum atomic E-state index is -0.339. The van der Waals surface area contributed by atoms with Crippen LogP contribution < -0.4 is 10.1 Å². The third kappa shape index (κ3) is 3.82. The highest BCUT2D eigenvalue weighted by atomic mass is 19.1. The molecule has 0 unspecified atom stereocenters. The van der Waals surface area contributed by atoms with Gasteiger partial charge in [-0.1, -0.05) is 18.2 Å². The summed E-state index contributed by atoms with van der Waals surface area (Å²) < 4.78 is 20.5. The molecule has 1 atom stereocenters. The lowest BCUT2D eigenvalue weighted by Gasteiger charge is -2.14. The number of carbonyl (C=O) groups excluding carboxylic acids is 1. The predicted molar refractivity (Wildman–Crippen MR) is 120 cm³/mol. The zero-order valence-electron chi connectivity index (χ0n) is 17.9. The summed E-state index contributed by atoms with van der Waals surface area (Å²) in [5, 5.41) is 4.00. The molecule has 32 heavy (non-hydrogen) atoms. The van der Waals surface area contributed by atoms with Gasteiger partial charge < -0.3 is 15.0 Å². The summed E-state index contributed by atoms with van der Waals surface area (Å²) in [5.41, 5.74) is 5.41. The van der Waals surface area contributed by atoms with Gasteiger partial charge in [-0.15, -0.1) is 0 Å². The molecule has 6 nitrogen and oxygen atoms in total. The number of para-hydroxylation sites is 1. The zero-order valence-corrected chi connectivity index (χ0v) is 17.9. The first-order valence-corrected chi connectivity index (χ1v) is 10.6. The van der Waals surface area contributed by atoms with Crippen LogP contribution >= 0.6 is 0 Å². The van der Waals surface area contributed by atoms with Gasteiger partial charge in [-0.25, -0.2) is 9.37 Å². The molecule has 1 aliphatic rings. The quantitative estimate of drug-likeness (QED) is 0.501. The number of carbonyl (C=O) groups is 1. The Bertz CT molecular complexity index is 1330. The minimum absolute atomic E-state index is 0.0823. The van der Waals surface area contributed by atoms with E-state index in [-0.39, 0.29) is 24.2 Å². The van der Waals surface area contributed by atoms with Gasteiger partial charge >= 0.3 is 0 Å². The average molecular weight is 430 g/mol. The molecule has 0 saturated carbocycles. The Hall–Kier alpha value is -3.74. The second-order valence-corrected chi connectivity index (χ2v) is 8.17. The van der Waals surface area contributed by atoms with E-state index in [9.17, 15) is 9.18 Å². The molecule has 4 aromatic rings.